The molecule has 1 heterocycles. The number of hydrogen-bond donors (Lipinski definition) is 1. The van der Waals surface area contributed by atoms with Crippen molar-refractivity contribution in [1.82, 2.24) is 4.90 Å². The fraction of sp³-hybridized carbons (Fsp3) is 0.571. The number of β-amino-alcohol motifs (C(OH)–C–C–N with tert-alkyl or cyclic N) is 1. The molecule has 0 spiro atoms. The van der Waals surface area contributed by atoms with Gasteiger partial charge in [-0.3, -0.25) is 4.90 Å². The Hall–Kier alpha value is -0.930. The second-order valence-corrected chi connectivity index (χ2v) is 4.91. The first kappa shape index (κ1) is 12.5. The quantitative estimate of drug-likeness (QED) is 0.873. The number of nitrogens with zero attached hydrogens (tertiary/aromatic N) is 1. The summed E-state index contributed by atoms with van der Waals surface area (Å²) in [6, 6.07) is 6.67. The van der Waals surface area contributed by atoms with Gasteiger partial charge in [0.2, 0.25) is 0 Å². The van der Waals surface area contributed by atoms with Crippen molar-refractivity contribution in [3.8, 4) is 0 Å². The molecular weight excluding hydrogens is 217 g/mol. The minimum atomic E-state index is -0.517. The van der Waals surface area contributed by atoms with E-state index in [2.05, 4.69) is 11.8 Å². The van der Waals surface area contributed by atoms with Gasteiger partial charge in [0.05, 0.1) is 6.10 Å². The lowest BCUT2D eigenvalue weighted by atomic mass is 10.0. The van der Waals surface area contributed by atoms with Crippen molar-refractivity contribution in [2.75, 3.05) is 13.1 Å². The van der Waals surface area contributed by atoms with Crippen molar-refractivity contribution >= 4 is 0 Å². The average Bonchev–Trinajstić information content (AvgIpc) is 2.33. The Morgan fingerprint density at radius 1 is 1.35 bits per heavy atom. The first-order chi connectivity index (χ1) is 8.16. The monoisotopic (exact) mass is 237 g/mol. The third-order valence-electron chi connectivity index (χ3n) is 3.60. The SMILES string of the molecule is C[C@@H]1CCCCN1C[C@@H](O)c1ccc(F)cc1. The molecule has 3 heteroatoms. The van der Waals surface area contributed by atoms with Crippen LogP contribution < -0.4 is 0 Å². The minimum Gasteiger partial charge on any atom is -0.387 e. The van der Waals surface area contributed by atoms with E-state index >= 15 is 0 Å². The van der Waals surface area contributed by atoms with Crippen molar-refractivity contribution in [3.63, 3.8) is 0 Å². The summed E-state index contributed by atoms with van der Waals surface area (Å²) in [5.74, 6) is -0.257. The average molecular weight is 237 g/mol. The van der Waals surface area contributed by atoms with Crippen LogP contribution in [0, 0.1) is 5.82 Å². The highest BCUT2D eigenvalue weighted by Gasteiger charge is 2.21. The highest BCUT2D eigenvalue weighted by Crippen LogP contribution is 2.21. The summed E-state index contributed by atoms with van der Waals surface area (Å²) in [5.41, 5.74) is 0.796. The molecule has 2 nitrogen and oxygen atoms in total. The number of benzene rings is 1. The number of likely N-dealkylation sites (tertiary alicyclic amines) is 1. The first-order valence-corrected chi connectivity index (χ1v) is 6.34. The standard InChI is InChI=1S/C14H20FNO/c1-11-4-2-3-9-16(11)10-14(17)12-5-7-13(15)8-6-12/h5-8,11,14,17H,2-4,9-10H2,1H3/t11-,14-/m1/s1. The molecule has 17 heavy (non-hydrogen) atoms. The zero-order chi connectivity index (χ0) is 12.3. The van der Waals surface area contributed by atoms with Crippen LogP contribution in [0.5, 0.6) is 0 Å². The van der Waals surface area contributed by atoms with E-state index in [-0.39, 0.29) is 5.82 Å². The molecule has 0 aliphatic carbocycles. The van der Waals surface area contributed by atoms with Crippen molar-refractivity contribution in [1.29, 1.82) is 0 Å². The summed E-state index contributed by atoms with van der Waals surface area (Å²) in [7, 11) is 0. The van der Waals surface area contributed by atoms with Gasteiger partial charge in [0.25, 0.3) is 0 Å². The Morgan fingerprint density at radius 2 is 2.06 bits per heavy atom. The Bertz CT molecular complexity index is 352. The predicted octanol–water partition coefficient (Wildman–Crippen LogP) is 2.73. The van der Waals surface area contributed by atoms with E-state index in [1.54, 1.807) is 12.1 Å². The smallest absolute Gasteiger partial charge is 0.123 e. The zero-order valence-corrected chi connectivity index (χ0v) is 10.3. The molecule has 1 aromatic rings. The summed E-state index contributed by atoms with van der Waals surface area (Å²) < 4.78 is 12.8. The number of hydrogen-bond acceptors (Lipinski definition) is 2. The van der Waals surface area contributed by atoms with E-state index in [4.69, 9.17) is 0 Å². The summed E-state index contributed by atoms with van der Waals surface area (Å²) >= 11 is 0. The van der Waals surface area contributed by atoms with Crippen LogP contribution in [0.3, 0.4) is 0 Å². The molecule has 0 amide bonds. The molecule has 94 valence electrons. The molecule has 0 radical (unpaired) electrons. The van der Waals surface area contributed by atoms with Crippen LogP contribution in [0.4, 0.5) is 4.39 Å². The van der Waals surface area contributed by atoms with Crippen LogP contribution in [0.25, 0.3) is 0 Å². The molecule has 0 unspecified atom stereocenters. The molecular formula is C14H20FNO. The van der Waals surface area contributed by atoms with Crippen molar-refractivity contribution < 1.29 is 9.50 Å². The fourth-order valence-corrected chi connectivity index (χ4v) is 2.44. The lowest BCUT2D eigenvalue weighted by molar-refractivity contribution is 0.0732. The summed E-state index contributed by atoms with van der Waals surface area (Å²) in [6.07, 6.45) is 3.18. The van der Waals surface area contributed by atoms with Crippen molar-refractivity contribution in [2.24, 2.45) is 0 Å². The van der Waals surface area contributed by atoms with Crippen LogP contribution in [-0.4, -0.2) is 29.1 Å². The topological polar surface area (TPSA) is 23.5 Å². The van der Waals surface area contributed by atoms with Gasteiger partial charge < -0.3 is 5.11 Å². The predicted molar refractivity (Wildman–Crippen MR) is 66.2 cm³/mol. The van der Waals surface area contributed by atoms with Gasteiger partial charge in [-0.2, -0.15) is 0 Å². The Kier molecular flexibility index (Phi) is 4.13. The van der Waals surface area contributed by atoms with Crippen LogP contribution >= 0.6 is 0 Å². The third kappa shape index (κ3) is 3.27. The van der Waals surface area contributed by atoms with Gasteiger partial charge in [-0.15, -0.1) is 0 Å². The first-order valence-electron chi connectivity index (χ1n) is 6.34. The van der Waals surface area contributed by atoms with Gasteiger partial charge in [0, 0.05) is 12.6 Å². The van der Waals surface area contributed by atoms with Crippen LogP contribution in [0.15, 0.2) is 24.3 Å². The van der Waals surface area contributed by atoms with Gasteiger partial charge in [-0.05, 0) is 44.0 Å². The number of rotatable bonds is 3. The molecule has 1 aromatic carbocycles. The minimum absolute atomic E-state index is 0.257. The Balaban J connectivity index is 1.95. The van der Waals surface area contributed by atoms with Gasteiger partial charge >= 0.3 is 0 Å². The van der Waals surface area contributed by atoms with Gasteiger partial charge in [-0.25, -0.2) is 4.39 Å². The van der Waals surface area contributed by atoms with E-state index in [1.807, 2.05) is 0 Å². The summed E-state index contributed by atoms with van der Waals surface area (Å²) in [6.45, 7) is 3.91. The van der Waals surface area contributed by atoms with Crippen molar-refractivity contribution in [2.45, 2.75) is 38.3 Å². The largest absolute Gasteiger partial charge is 0.387 e. The zero-order valence-electron chi connectivity index (χ0n) is 10.3. The maximum atomic E-state index is 12.8. The number of halogens is 1. The highest BCUT2D eigenvalue weighted by atomic mass is 19.1. The van der Waals surface area contributed by atoms with E-state index in [0.717, 1.165) is 12.1 Å². The molecule has 0 aromatic heterocycles. The van der Waals surface area contributed by atoms with E-state index in [1.165, 1.54) is 31.4 Å². The van der Waals surface area contributed by atoms with Crippen LogP contribution in [0.1, 0.15) is 37.9 Å². The van der Waals surface area contributed by atoms with Crippen molar-refractivity contribution in [3.05, 3.63) is 35.6 Å². The van der Waals surface area contributed by atoms with Gasteiger partial charge in [0.1, 0.15) is 5.82 Å². The molecule has 2 rings (SSSR count). The second kappa shape index (κ2) is 5.61. The van der Waals surface area contributed by atoms with Gasteiger partial charge in [-0.1, -0.05) is 18.6 Å². The number of piperidine rings is 1. The Morgan fingerprint density at radius 3 is 2.71 bits per heavy atom. The highest BCUT2D eigenvalue weighted by molar-refractivity contribution is 5.18. The second-order valence-electron chi connectivity index (χ2n) is 4.91. The summed E-state index contributed by atoms with van der Waals surface area (Å²) in [4.78, 5) is 2.32. The lowest BCUT2D eigenvalue weighted by Gasteiger charge is -2.34. The molecule has 0 saturated carbocycles. The maximum absolute atomic E-state index is 12.8. The normalized spacial score (nSPS) is 23.6. The lowest BCUT2D eigenvalue weighted by Crippen LogP contribution is -2.40. The molecule has 1 N–H and O–H groups in total. The summed E-state index contributed by atoms with van der Waals surface area (Å²) in [5, 5.41) is 10.1. The third-order valence-corrected chi connectivity index (χ3v) is 3.60. The number of aliphatic hydroxyl groups is 1. The Labute approximate surface area is 102 Å². The molecule has 0 bridgehead atoms. The van der Waals surface area contributed by atoms with E-state index in [0.29, 0.717) is 12.6 Å². The van der Waals surface area contributed by atoms with E-state index in [9.17, 15) is 9.50 Å². The molecule has 1 saturated heterocycles. The molecule has 1 aliphatic heterocycles. The van der Waals surface area contributed by atoms with E-state index < -0.39 is 6.10 Å². The fourth-order valence-electron chi connectivity index (χ4n) is 2.44. The molecule has 2 atom stereocenters. The number of aliphatic hydroxyl groups excluding tert-OH is 1. The van der Waals surface area contributed by atoms with Crippen LogP contribution in [0.2, 0.25) is 0 Å². The van der Waals surface area contributed by atoms with Gasteiger partial charge in [0.15, 0.2) is 0 Å². The molecule has 1 fully saturated rings. The molecule has 1 aliphatic rings. The maximum Gasteiger partial charge on any atom is 0.123 e. The van der Waals surface area contributed by atoms with Crippen LogP contribution in [-0.2, 0) is 0 Å².